The minimum absolute atomic E-state index is 0.217. The maximum atomic E-state index is 12.2. The van der Waals surface area contributed by atoms with Crippen LogP contribution < -0.4 is 0 Å². The maximum Gasteiger partial charge on any atom is 0.469 e. The van der Waals surface area contributed by atoms with Crippen molar-refractivity contribution in [1.29, 1.82) is 0 Å². The number of rotatable bonds is 25. The molecule has 1 atom stereocenters. The predicted octanol–water partition coefficient (Wildman–Crippen LogP) is 7.00. The van der Waals surface area contributed by atoms with E-state index < -0.39 is 32.5 Å². The molecule has 0 heterocycles. The molecule has 0 aliphatic rings. The first-order chi connectivity index (χ1) is 16.8. The van der Waals surface area contributed by atoms with Gasteiger partial charge < -0.3 is 19.3 Å². The average Bonchev–Trinajstić information content (AvgIpc) is 2.81. The molecule has 0 amide bonds. The molecule has 8 nitrogen and oxygen atoms in total. The molecule has 0 aromatic carbocycles. The fraction of sp³-hybridized carbons (Fsp3) is 0.923. The van der Waals surface area contributed by atoms with E-state index in [1.807, 2.05) is 0 Å². The molecule has 0 aliphatic heterocycles. The van der Waals surface area contributed by atoms with Crippen molar-refractivity contribution in [1.82, 2.24) is 0 Å². The maximum absolute atomic E-state index is 12.2. The van der Waals surface area contributed by atoms with Crippen LogP contribution in [0.25, 0.3) is 0 Å². The van der Waals surface area contributed by atoms with Crippen LogP contribution >= 0.6 is 7.82 Å². The van der Waals surface area contributed by atoms with Crippen LogP contribution in [0.5, 0.6) is 0 Å². The van der Waals surface area contributed by atoms with E-state index >= 15 is 0 Å². The number of unbranched alkanes of at least 4 members (excludes halogenated alkanes) is 15. The zero-order valence-electron chi connectivity index (χ0n) is 22.2. The van der Waals surface area contributed by atoms with Crippen molar-refractivity contribution in [2.75, 3.05) is 13.2 Å². The van der Waals surface area contributed by atoms with E-state index in [0.29, 0.717) is 6.42 Å². The van der Waals surface area contributed by atoms with Crippen molar-refractivity contribution in [2.45, 2.75) is 142 Å². The van der Waals surface area contributed by atoms with Crippen molar-refractivity contribution in [3.8, 4) is 0 Å². The molecule has 1 unspecified atom stereocenters. The summed E-state index contributed by atoms with van der Waals surface area (Å²) in [4.78, 5) is 42.0. The summed E-state index contributed by atoms with van der Waals surface area (Å²) in [6.07, 6.45) is 18.5. The van der Waals surface area contributed by atoms with Gasteiger partial charge in [-0.15, -0.1) is 0 Å². The van der Waals surface area contributed by atoms with Gasteiger partial charge in [-0.1, -0.05) is 110 Å². The van der Waals surface area contributed by atoms with Gasteiger partial charge in [0.15, 0.2) is 6.10 Å². The lowest BCUT2D eigenvalue weighted by Gasteiger charge is -2.18. The normalized spacial score (nSPS) is 12.5. The van der Waals surface area contributed by atoms with Crippen LogP contribution in [0, 0.1) is 0 Å². The van der Waals surface area contributed by atoms with E-state index in [2.05, 4.69) is 18.4 Å². The Bertz CT molecular complexity index is 564. The fourth-order valence-corrected chi connectivity index (χ4v) is 4.14. The first-order valence-electron chi connectivity index (χ1n) is 13.8. The summed E-state index contributed by atoms with van der Waals surface area (Å²) in [5.74, 6) is -0.891. The van der Waals surface area contributed by atoms with Crippen LogP contribution in [0.4, 0.5) is 0 Å². The summed E-state index contributed by atoms with van der Waals surface area (Å²) in [5, 5.41) is 0. The quantitative estimate of drug-likeness (QED) is 0.0747. The zero-order valence-corrected chi connectivity index (χ0v) is 23.1. The Morgan fingerprint density at radius 2 is 1.03 bits per heavy atom. The number of carbonyl (C=O) groups excluding carboxylic acids is 2. The highest BCUT2D eigenvalue weighted by Crippen LogP contribution is 2.35. The van der Waals surface area contributed by atoms with Crippen molar-refractivity contribution in [3.05, 3.63) is 0 Å². The van der Waals surface area contributed by atoms with Gasteiger partial charge >= 0.3 is 19.8 Å². The number of phosphoric acid groups is 1. The summed E-state index contributed by atoms with van der Waals surface area (Å²) in [6, 6.07) is 0. The summed E-state index contributed by atoms with van der Waals surface area (Å²) < 4.78 is 25.9. The first-order valence-corrected chi connectivity index (χ1v) is 15.4. The molecule has 0 fully saturated rings. The molecule has 208 valence electrons. The van der Waals surface area contributed by atoms with Gasteiger partial charge in [0.2, 0.25) is 0 Å². The molecule has 0 aromatic heterocycles. The lowest BCUT2D eigenvalue weighted by Crippen LogP contribution is -2.29. The predicted molar refractivity (Wildman–Crippen MR) is 138 cm³/mol. The summed E-state index contributed by atoms with van der Waals surface area (Å²) in [7, 11) is -4.72. The summed E-state index contributed by atoms with van der Waals surface area (Å²) in [6.45, 7) is 3.57. The van der Waals surface area contributed by atoms with Crippen molar-refractivity contribution < 1.29 is 37.9 Å². The van der Waals surface area contributed by atoms with E-state index in [1.54, 1.807) is 0 Å². The number of ether oxygens (including phenoxy) is 2. The highest BCUT2D eigenvalue weighted by molar-refractivity contribution is 7.46. The topological polar surface area (TPSA) is 119 Å². The van der Waals surface area contributed by atoms with Gasteiger partial charge in [-0.25, -0.2) is 4.57 Å². The molecular weight excluding hydrogens is 471 g/mol. The highest BCUT2D eigenvalue weighted by Gasteiger charge is 2.22. The van der Waals surface area contributed by atoms with E-state index in [1.165, 1.54) is 64.2 Å². The molecule has 0 spiro atoms. The second kappa shape index (κ2) is 23.4. The smallest absolute Gasteiger partial charge is 0.462 e. The fourth-order valence-electron chi connectivity index (χ4n) is 3.78. The van der Waals surface area contributed by atoms with Crippen LogP contribution in [0.15, 0.2) is 0 Å². The van der Waals surface area contributed by atoms with Crippen LogP contribution in [0.3, 0.4) is 0 Å². The Kier molecular flexibility index (Phi) is 22.8. The van der Waals surface area contributed by atoms with Gasteiger partial charge in [-0.2, -0.15) is 0 Å². The van der Waals surface area contributed by atoms with Crippen molar-refractivity contribution in [3.63, 3.8) is 0 Å². The SMILES string of the molecule is CCCCCCCCCCCCC(=O)OC(COC(=O)CCCCCCCCC)COP(=O)(O)O. The number of hydrogen-bond donors (Lipinski definition) is 2. The Hall–Kier alpha value is -0.950. The number of esters is 2. The third-order valence-corrected chi connectivity index (χ3v) is 6.36. The lowest BCUT2D eigenvalue weighted by molar-refractivity contribution is -0.161. The van der Waals surface area contributed by atoms with E-state index in [9.17, 15) is 14.2 Å². The highest BCUT2D eigenvalue weighted by atomic mass is 31.2. The molecule has 2 N–H and O–H groups in total. The number of phosphoric ester groups is 1. The van der Waals surface area contributed by atoms with Crippen LogP contribution in [0.1, 0.15) is 136 Å². The number of hydrogen-bond acceptors (Lipinski definition) is 6. The second-order valence-electron chi connectivity index (χ2n) is 9.38. The van der Waals surface area contributed by atoms with E-state index in [-0.39, 0.29) is 19.4 Å². The van der Waals surface area contributed by atoms with Gasteiger partial charge in [-0.3, -0.25) is 14.1 Å². The first kappa shape index (κ1) is 34.0. The zero-order chi connectivity index (χ0) is 26.2. The van der Waals surface area contributed by atoms with Gasteiger partial charge in [-0.05, 0) is 12.8 Å². The van der Waals surface area contributed by atoms with E-state index in [0.717, 1.165) is 38.5 Å². The van der Waals surface area contributed by atoms with Gasteiger partial charge in [0, 0.05) is 12.8 Å². The molecule has 0 aromatic rings. The van der Waals surface area contributed by atoms with Crippen LogP contribution in [0.2, 0.25) is 0 Å². The molecule has 0 bridgehead atoms. The molecule has 0 aliphatic carbocycles. The molecule has 0 radical (unpaired) electrons. The summed E-state index contributed by atoms with van der Waals surface area (Å²) in [5.41, 5.74) is 0. The summed E-state index contributed by atoms with van der Waals surface area (Å²) >= 11 is 0. The standard InChI is InChI=1S/C26H51O8P/c1-3-5-7-9-11-12-13-15-17-19-21-26(28)34-24(23-33-35(29,30)31)22-32-25(27)20-18-16-14-10-8-6-4-2/h24H,3-23H2,1-2H3,(H2,29,30,31). The Morgan fingerprint density at radius 3 is 1.46 bits per heavy atom. The van der Waals surface area contributed by atoms with Gasteiger partial charge in [0.05, 0.1) is 6.61 Å². The Balaban J connectivity index is 4.10. The van der Waals surface area contributed by atoms with Crippen molar-refractivity contribution in [2.24, 2.45) is 0 Å². The minimum atomic E-state index is -4.72. The van der Waals surface area contributed by atoms with Crippen LogP contribution in [-0.2, 0) is 28.2 Å². The van der Waals surface area contributed by atoms with E-state index in [4.69, 9.17) is 19.3 Å². The van der Waals surface area contributed by atoms with Gasteiger partial charge in [0.1, 0.15) is 6.61 Å². The molecular formula is C26H51O8P. The molecule has 0 saturated heterocycles. The third-order valence-electron chi connectivity index (χ3n) is 5.88. The van der Waals surface area contributed by atoms with Crippen LogP contribution in [-0.4, -0.2) is 41.0 Å². The Labute approximate surface area is 213 Å². The Morgan fingerprint density at radius 1 is 0.629 bits per heavy atom. The monoisotopic (exact) mass is 522 g/mol. The molecule has 0 saturated carbocycles. The number of carbonyl (C=O) groups is 2. The van der Waals surface area contributed by atoms with Gasteiger partial charge in [0.25, 0.3) is 0 Å². The average molecular weight is 523 g/mol. The largest absolute Gasteiger partial charge is 0.469 e. The lowest BCUT2D eigenvalue weighted by atomic mass is 10.1. The minimum Gasteiger partial charge on any atom is -0.462 e. The molecule has 35 heavy (non-hydrogen) atoms. The second-order valence-corrected chi connectivity index (χ2v) is 10.6. The molecule has 0 rings (SSSR count). The van der Waals surface area contributed by atoms with Crippen molar-refractivity contribution >= 4 is 19.8 Å². The molecule has 9 heteroatoms. The third kappa shape index (κ3) is 25.9.